The quantitative estimate of drug-likeness (QED) is 0.858. The molecule has 17 heavy (non-hydrogen) atoms. The molecule has 1 saturated heterocycles. The summed E-state index contributed by atoms with van der Waals surface area (Å²) in [5.74, 6) is 0.834. The first-order chi connectivity index (χ1) is 8.20. The second-order valence-electron chi connectivity index (χ2n) is 4.56. The van der Waals surface area contributed by atoms with Gasteiger partial charge in [-0.3, -0.25) is 0 Å². The van der Waals surface area contributed by atoms with Crippen molar-refractivity contribution >= 4 is 6.01 Å². The fourth-order valence-corrected chi connectivity index (χ4v) is 2.04. The third-order valence-corrected chi connectivity index (χ3v) is 3.03. The van der Waals surface area contributed by atoms with Crippen LogP contribution < -0.4 is 10.6 Å². The minimum Gasteiger partial charge on any atom is -0.429 e. The van der Waals surface area contributed by atoms with E-state index in [-0.39, 0.29) is 12.1 Å². The number of nitrogens with two attached hydrogens (primary N) is 1. The van der Waals surface area contributed by atoms with Gasteiger partial charge < -0.3 is 19.8 Å². The van der Waals surface area contributed by atoms with Crippen molar-refractivity contribution in [3.8, 4) is 0 Å². The minimum absolute atomic E-state index is 0.0795. The molecule has 0 radical (unpaired) electrons. The standard InChI is InChI=1S/C12H21N3O2/c1-3-6-16-11-8-15(5-4-10(11)13)12-14-7-9(2)17-12/h7,10-11H,3-6,8,13H2,1-2H3. The molecule has 0 spiro atoms. The molecule has 0 aliphatic carbocycles. The second kappa shape index (κ2) is 5.51. The van der Waals surface area contributed by atoms with Gasteiger partial charge in [-0.05, 0) is 19.8 Å². The van der Waals surface area contributed by atoms with Gasteiger partial charge in [0, 0.05) is 19.2 Å². The van der Waals surface area contributed by atoms with Crippen molar-refractivity contribution in [3.63, 3.8) is 0 Å². The molecule has 1 aromatic rings. The molecule has 0 aromatic carbocycles. The molecule has 2 heterocycles. The number of piperidine rings is 1. The van der Waals surface area contributed by atoms with E-state index in [0.717, 1.165) is 38.3 Å². The lowest BCUT2D eigenvalue weighted by Crippen LogP contribution is -2.52. The second-order valence-corrected chi connectivity index (χ2v) is 4.56. The van der Waals surface area contributed by atoms with Gasteiger partial charge in [0.2, 0.25) is 0 Å². The van der Waals surface area contributed by atoms with Crippen molar-refractivity contribution in [1.82, 2.24) is 4.98 Å². The van der Waals surface area contributed by atoms with Crippen LogP contribution in [0.5, 0.6) is 0 Å². The third-order valence-electron chi connectivity index (χ3n) is 3.03. The monoisotopic (exact) mass is 239 g/mol. The van der Waals surface area contributed by atoms with Crippen LogP contribution in [-0.4, -0.2) is 36.8 Å². The molecule has 0 saturated carbocycles. The Hall–Kier alpha value is -1.07. The van der Waals surface area contributed by atoms with Crippen LogP contribution in [0.15, 0.2) is 10.6 Å². The van der Waals surface area contributed by atoms with E-state index in [2.05, 4.69) is 16.8 Å². The van der Waals surface area contributed by atoms with Gasteiger partial charge in [0.1, 0.15) is 5.76 Å². The van der Waals surface area contributed by atoms with Crippen LogP contribution in [0.2, 0.25) is 0 Å². The van der Waals surface area contributed by atoms with E-state index >= 15 is 0 Å². The molecular weight excluding hydrogens is 218 g/mol. The summed E-state index contributed by atoms with van der Waals surface area (Å²) in [6.07, 6.45) is 3.75. The Labute approximate surface area is 102 Å². The number of hydrogen-bond acceptors (Lipinski definition) is 5. The topological polar surface area (TPSA) is 64.5 Å². The number of aryl methyl sites for hydroxylation is 1. The molecule has 5 heteroatoms. The third kappa shape index (κ3) is 2.98. The summed E-state index contributed by atoms with van der Waals surface area (Å²) in [6.45, 7) is 6.41. The number of nitrogens with zero attached hydrogens (tertiary/aromatic N) is 2. The first-order valence-corrected chi connectivity index (χ1v) is 6.25. The maximum absolute atomic E-state index is 6.06. The van der Waals surface area contributed by atoms with E-state index in [9.17, 15) is 0 Å². The van der Waals surface area contributed by atoms with Crippen LogP contribution >= 0.6 is 0 Å². The first kappa shape index (κ1) is 12.4. The fraction of sp³-hybridized carbons (Fsp3) is 0.750. The summed E-state index contributed by atoms with van der Waals surface area (Å²) in [5, 5.41) is 0. The molecular formula is C12H21N3O2. The Bertz CT molecular complexity index is 353. The molecule has 2 N–H and O–H groups in total. The van der Waals surface area contributed by atoms with Crippen LogP contribution in [-0.2, 0) is 4.74 Å². The highest BCUT2D eigenvalue weighted by atomic mass is 16.5. The smallest absolute Gasteiger partial charge is 0.297 e. The number of aromatic nitrogens is 1. The van der Waals surface area contributed by atoms with Gasteiger partial charge in [-0.25, -0.2) is 4.98 Å². The highest BCUT2D eigenvalue weighted by molar-refractivity contribution is 5.28. The molecule has 2 unspecified atom stereocenters. The molecule has 5 nitrogen and oxygen atoms in total. The maximum Gasteiger partial charge on any atom is 0.297 e. The van der Waals surface area contributed by atoms with Crippen molar-refractivity contribution in [2.45, 2.75) is 38.8 Å². The summed E-state index contributed by atoms with van der Waals surface area (Å²) in [5.41, 5.74) is 6.06. The van der Waals surface area contributed by atoms with Gasteiger partial charge in [0.15, 0.2) is 0 Å². The lowest BCUT2D eigenvalue weighted by atomic mass is 10.0. The van der Waals surface area contributed by atoms with Gasteiger partial charge in [0.25, 0.3) is 6.01 Å². The lowest BCUT2D eigenvalue weighted by Gasteiger charge is -2.35. The molecule has 1 aromatic heterocycles. The van der Waals surface area contributed by atoms with Crippen LogP contribution in [0.1, 0.15) is 25.5 Å². The van der Waals surface area contributed by atoms with Gasteiger partial charge in [-0.15, -0.1) is 0 Å². The summed E-state index contributed by atoms with van der Waals surface area (Å²) < 4.78 is 11.3. The fourth-order valence-electron chi connectivity index (χ4n) is 2.04. The van der Waals surface area contributed by atoms with E-state index in [0.29, 0.717) is 6.01 Å². The van der Waals surface area contributed by atoms with Crippen molar-refractivity contribution in [1.29, 1.82) is 0 Å². The Morgan fingerprint density at radius 2 is 2.47 bits per heavy atom. The molecule has 1 aliphatic rings. The number of rotatable bonds is 4. The van der Waals surface area contributed by atoms with E-state index in [1.807, 2.05) is 6.92 Å². The summed E-state index contributed by atoms with van der Waals surface area (Å²) in [4.78, 5) is 6.35. The molecule has 1 aliphatic heterocycles. The lowest BCUT2D eigenvalue weighted by molar-refractivity contribution is 0.0300. The zero-order chi connectivity index (χ0) is 12.3. The average Bonchev–Trinajstić information content (AvgIpc) is 2.75. The number of hydrogen-bond donors (Lipinski definition) is 1. The van der Waals surface area contributed by atoms with Crippen molar-refractivity contribution in [2.75, 3.05) is 24.6 Å². The van der Waals surface area contributed by atoms with Crippen molar-refractivity contribution in [2.24, 2.45) is 5.73 Å². The SMILES string of the molecule is CCCOC1CN(c2ncc(C)o2)CCC1N. The van der Waals surface area contributed by atoms with Crippen LogP contribution in [0, 0.1) is 6.92 Å². The molecule has 2 rings (SSSR count). The Morgan fingerprint density at radius 1 is 1.65 bits per heavy atom. The molecule has 0 amide bonds. The number of oxazole rings is 1. The molecule has 1 fully saturated rings. The predicted molar refractivity (Wildman–Crippen MR) is 66.1 cm³/mol. The predicted octanol–water partition coefficient (Wildman–Crippen LogP) is 1.32. The van der Waals surface area contributed by atoms with E-state index in [1.54, 1.807) is 6.20 Å². The van der Waals surface area contributed by atoms with Gasteiger partial charge in [-0.2, -0.15) is 0 Å². The van der Waals surface area contributed by atoms with Gasteiger partial charge in [0.05, 0.1) is 18.8 Å². The van der Waals surface area contributed by atoms with Crippen LogP contribution in [0.25, 0.3) is 0 Å². The Kier molecular flexibility index (Phi) is 4.02. The number of ether oxygens (including phenoxy) is 1. The maximum atomic E-state index is 6.06. The summed E-state index contributed by atoms with van der Waals surface area (Å²) in [6, 6.07) is 0.799. The average molecular weight is 239 g/mol. The minimum atomic E-state index is 0.0795. The molecule has 96 valence electrons. The largest absolute Gasteiger partial charge is 0.429 e. The van der Waals surface area contributed by atoms with E-state index < -0.39 is 0 Å². The Morgan fingerprint density at radius 3 is 3.12 bits per heavy atom. The van der Waals surface area contributed by atoms with E-state index in [4.69, 9.17) is 14.9 Å². The first-order valence-electron chi connectivity index (χ1n) is 6.25. The highest BCUT2D eigenvalue weighted by Gasteiger charge is 2.29. The van der Waals surface area contributed by atoms with Crippen molar-refractivity contribution in [3.05, 3.63) is 12.0 Å². The summed E-state index contributed by atoms with van der Waals surface area (Å²) in [7, 11) is 0. The number of anilines is 1. The summed E-state index contributed by atoms with van der Waals surface area (Å²) >= 11 is 0. The highest BCUT2D eigenvalue weighted by Crippen LogP contribution is 2.20. The molecule has 0 bridgehead atoms. The van der Waals surface area contributed by atoms with Gasteiger partial charge >= 0.3 is 0 Å². The van der Waals surface area contributed by atoms with Crippen LogP contribution in [0.4, 0.5) is 6.01 Å². The van der Waals surface area contributed by atoms with Gasteiger partial charge in [-0.1, -0.05) is 6.92 Å². The van der Waals surface area contributed by atoms with E-state index in [1.165, 1.54) is 0 Å². The van der Waals surface area contributed by atoms with Crippen molar-refractivity contribution < 1.29 is 9.15 Å². The zero-order valence-electron chi connectivity index (χ0n) is 10.6. The zero-order valence-corrected chi connectivity index (χ0v) is 10.6. The Balaban J connectivity index is 1.97. The normalized spacial score (nSPS) is 25.2. The van der Waals surface area contributed by atoms with Crippen LogP contribution in [0.3, 0.4) is 0 Å². The molecule has 2 atom stereocenters.